The number of methoxy groups -OCH3 is 2. The van der Waals surface area contributed by atoms with Crippen LogP contribution in [-0.2, 0) is 4.79 Å². The Balaban J connectivity index is 1.81. The van der Waals surface area contributed by atoms with E-state index in [1.807, 2.05) is 4.90 Å². The van der Waals surface area contributed by atoms with E-state index in [1.165, 1.54) is 0 Å². The Morgan fingerprint density at radius 3 is 2.41 bits per heavy atom. The van der Waals surface area contributed by atoms with Gasteiger partial charge in [0.2, 0.25) is 11.9 Å². The van der Waals surface area contributed by atoms with Gasteiger partial charge in [0, 0.05) is 37.6 Å². The summed E-state index contributed by atoms with van der Waals surface area (Å²) in [6.45, 7) is 3.92. The number of nitrogen functional groups attached to an aromatic ring is 1. The van der Waals surface area contributed by atoms with E-state index < -0.39 is 6.10 Å². The number of hydrogen-bond acceptors (Lipinski definition) is 8. The minimum atomic E-state index is -0.633. The summed E-state index contributed by atoms with van der Waals surface area (Å²) in [7, 11) is 3.13. The van der Waals surface area contributed by atoms with Crippen molar-refractivity contribution in [2.24, 2.45) is 0 Å². The maximum absolute atomic E-state index is 12.1. The van der Waals surface area contributed by atoms with Gasteiger partial charge in [0.05, 0.1) is 32.3 Å². The van der Waals surface area contributed by atoms with Crippen LogP contribution in [0.1, 0.15) is 13.3 Å². The second kappa shape index (κ2) is 7.83. The number of hydrogen-bond donors (Lipinski definition) is 2. The number of carbonyl (C=O) groups excluding carboxylic acids is 1. The van der Waals surface area contributed by atoms with E-state index in [0.717, 1.165) is 0 Å². The monoisotopic (exact) mass is 375 g/mol. The van der Waals surface area contributed by atoms with Gasteiger partial charge in [-0.1, -0.05) is 0 Å². The van der Waals surface area contributed by atoms with Crippen molar-refractivity contribution in [1.82, 2.24) is 14.9 Å². The van der Waals surface area contributed by atoms with Crippen LogP contribution in [0.2, 0.25) is 0 Å². The van der Waals surface area contributed by atoms with Gasteiger partial charge in [-0.2, -0.15) is 4.98 Å². The zero-order valence-corrected chi connectivity index (χ0v) is 15.8. The molecule has 27 heavy (non-hydrogen) atoms. The third kappa shape index (κ3) is 3.97. The summed E-state index contributed by atoms with van der Waals surface area (Å²) in [5, 5.41) is 10.1. The van der Waals surface area contributed by atoms with Crippen molar-refractivity contribution < 1.29 is 19.4 Å². The summed E-state index contributed by atoms with van der Waals surface area (Å²) >= 11 is 0. The molecule has 3 N–H and O–H groups in total. The van der Waals surface area contributed by atoms with E-state index in [4.69, 9.17) is 15.2 Å². The number of benzene rings is 1. The summed E-state index contributed by atoms with van der Waals surface area (Å²) in [5.41, 5.74) is 6.81. The number of nitrogens with two attached hydrogens (primary N) is 1. The summed E-state index contributed by atoms with van der Waals surface area (Å²) in [6.07, 6.45) is -0.493. The van der Waals surface area contributed by atoms with Crippen molar-refractivity contribution in [3.8, 4) is 11.5 Å². The first-order valence-electron chi connectivity index (χ1n) is 8.83. The van der Waals surface area contributed by atoms with Crippen molar-refractivity contribution >= 4 is 28.6 Å². The summed E-state index contributed by atoms with van der Waals surface area (Å²) in [4.78, 5) is 24.9. The second-order valence-electron chi connectivity index (χ2n) is 6.55. The molecule has 0 spiro atoms. The zero-order chi connectivity index (χ0) is 19.6. The maximum atomic E-state index is 12.1. The van der Waals surface area contributed by atoms with Crippen molar-refractivity contribution in [1.29, 1.82) is 0 Å². The van der Waals surface area contributed by atoms with Gasteiger partial charge in [0.1, 0.15) is 5.82 Å². The standard InChI is InChI=1S/C18H25N5O4/c1-11(24)8-16(25)22-4-6-23(7-5-22)18-20-13-10-15(27-3)14(26-2)9-12(13)17(19)21-18/h9-11,24H,4-8H2,1-3H3,(H2,19,20,21)/t11-/m0/s1. The second-order valence-corrected chi connectivity index (χ2v) is 6.55. The number of anilines is 2. The third-order valence-electron chi connectivity index (χ3n) is 4.60. The normalized spacial score (nSPS) is 15.7. The van der Waals surface area contributed by atoms with Crippen LogP contribution in [0.5, 0.6) is 11.5 Å². The first-order chi connectivity index (χ1) is 12.9. The number of aromatic nitrogens is 2. The molecular weight excluding hydrogens is 350 g/mol. The Bertz CT molecular complexity index is 834. The van der Waals surface area contributed by atoms with Crippen LogP contribution < -0.4 is 20.1 Å². The van der Waals surface area contributed by atoms with Gasteiger partial charge in [-0.15, -0.1) is 0 Å². The molecule has 1 aliphatic heterocycles. The van der Waals surface area contributed by atoms with Crippen LogP contribution in [0, 0.1) is 0 Å². The Kier molecular flexibility index (Phi) is 5.50. The van der Waals surface area contributed by atoms with E-state index in [2.05, 4.69) is 9.97 Å². The summed E-state index contributed by atoms with van der Waals surface area (Å²) in [5.74, 6) is 1.99. The van der Waals surface area contributed by atoms with Gasteiger partial charge in [0.15, 0.2) is 11.5 Å². The fraction of sp³-hybridized carbons (Fsp3) is 0.500. The molecule has 0 bridgehead atoms. The predicted molar refractivity (Wildman–Crippen MR) is 102 cm³/mol. The quantitative estimate of drug-likeness (QED) is 0.783. The highest BCUT2D eigenvalue weighted by molar-refractivity contribution is 5.91. The van der Waals surface area contributed by atoms with E-state index in [9.17, 15) is 9.90 Å². The lowest BCUT2D eigenvalue weighted by Crippen LogP contribution is -2.49. The number of rotatable bonds is 5. The lowest BCUT2D eigenvalue weighted by Gasteiger charge is -2.35. The minimum Gasteiger partial charge on any atom is -0.493 e. The first-order valence-corrected chi connectivity index (χ1v) is 8.83. The molecule has 1 aliphatic rings. The highest BCUT2D eigenvalue weighted by Gasteiger charge is 2.24. The van der Waals surface area contributed by atoms with Crippen LogP contribution in [0.25, 0.3) is 10.9 Å². The highest BCUT2D eigenvalue weighted by Crippen LogP contribution is 2.34. The van der Waals surface area contributed by atoms with E-state index in [-0.39, 0.29) is 12.3 Å². The van der Waals surface area contributed by atoms with Gasteiger partial charge < -0.3 is 30.1 Å². The minimum absolute atomic E-state index is 0.0413. The van der Waals surface area contributed by atoms with Crippen LogP contribution >= 0.6 is 0 Å². The average Bonchev–Trinajstić information content (AvgIpc) is 2.66. The van der Waals surface area contributed by atoms with Crippen molar-refractivity contribution in [2.45, 2.75) is 19.4 Å². The number of aliphatic hydroxyl groups is 1. The molecule has 0 unspecified atom stereocenters. The van der Waals surface area contributed by atoms with Crippen LogP contribution in [0.4, 0.5) is 11.8 Å². The predicted octanol–water partition coefficient (Wildman–Crippen LogP) is 0.649. The molecule has 0 radical (unpaired) electrons. The maximum Gasteiger partial charge on any atom is 0.228 e. The molecule has 9 nitrogen and oxygen atoms in total. The van der Waals surface area contributed by atoms with Crippen molar-refractivity contribution in [3.63, 3.8) is 0 Å². The van der Waals surface area contributed by atoms with Gasteiger partial charge in [0.25, 0.3) is 0 Å². The topological polar surface area (TPSA) is 114 Å². The fourth-order valence-electron chi connectivity index (χ4n) is 3.15. The molecule has 2 heterocycles. The van der Waals surface area contributed by atoms with Gasteiger partial charge in [-0.05, 0) is 13.0 Å². The SMILES string of the molecule is COc1cc2nc(N3CCN(C(=O)C[C@H](C)O)CC3)nc(N)c2cc1OC. The Morgan fingerprint density at radius 2 is 1.81 bits per heavy atom. The number of carbonyl (C=O) groups is 1. The zero-order valence-electron chi connectivity index (χ0n) is 15.8. The highest BCUT2D eigenvalue weighted by atomic mass is 16.5. The van der Waals surface area contributed by atoms with E-state index in [1.54, 1.807) is 38.2 Å². The Labute approximate surface area is 157 Å². The van der Waals surface area contributed by atoms with Gasteiger partial charge >= 0.3 is 0 Å². The average molecular weight is 375 g/mol. The molecule has 1 saturated heterocycles. The molecule has 9 heteroatoms. The number of amides is 1. The number of ether oxygens (including phenoxy) is 2. The van der Waals surface area contributed by atoms with E-state index in [0.29, 0.717) is 60.3 Å². The fourth-order valence-corrected chi connectivity index (χ4v) is 3.15. The van der Waals surface area contributed by atoms with Crippen LogP contribution in [0.3, 0.4) is 0 Å². The van der Waals surface area contributed by atoms with Crippen LogP contribution in [-0.4, -0.2) is 72.4 Å². The molecule has 1 fully saturated rings. The number of nitrogens with zero attached hydrogens (tertiary/aromatic N) is 4. The number of fused-ring (bicyclic) bond motifs is 1. The molecular formula is C18H25N5O4. The molecule has 0 aliphatic carbocycles. The van der Waals surface area contributed by atoms with Crippen LogP contribution in [0.15, 0.2) is 12.1 Å². The Morgan fingerprint density at radius 1 is 1.19 bits per heavy atom. The molecule has 3 rings (SSSR count). The van der Waals surface area contributed by atoms with E-state index >= 15 is 0 Å². The molecule has 1 aromatic carbocycles. The van der Waals surface area contributed by atoms with Gasteiger partial charge in [-0.25, -0.2) is 4.98 Å². The largest absolute Gasteiger partial charge is 0.493 e. The molecule has 2 aromatic rings. The van der Waals surface area contributed by atoms with Crippen molar-refractivity contribution in [3.05, 3.63) is 12.1 Å². The summed E-state index contributed by atoms with van der Waals surface area (Å²) in [6, 6.07) is 3.54. The number of piperazine rings is 1. The third-order valence-corrected chi connectivity index (χ3v) is 4.60. The Hall–Kier alpha value is -2.81. The first kappa shape index (κ1) is 19.0. The summed E-state index contributed by atoms with van der Waals surface area (Å²) < 4.78 is 10.6. The molecule has 1 aromatic heterocycles. The lowest BCUT2D eigenvalue weighted by atomic mass is 10.2. The van der Waals surface area contributed by atoms with Gasteiger partial charge in [-0.3, -0.25) is 4.79 Å². The smallest absolute Gasteiger partial charge is 0.228 e. The lowest BCUT2D eigenvalue weighted by molar-refractivity contribution is -0.133. The van der Waals surface area contributed by atoms with Crippen molar-refractivity contribution in [2.75, 3.05) is 51.0 Å². The number of aliphatic hydroxyl groups excluding tert-OH is 1. The molecule has 146 valence electrons. The molecule has 1 amide bonds. The molecule has 1 atom stereocenters. The molecule has 0 saturated carbocycles.